The van der Waals surface area contributed by atoms with Gasteiger partial charge in [-0.25, -0.2) is 0 Å². The lowest BCUT2D eigenvalue weighted by Crippen LogP contribution is -2.40. The van der Waals surface area contributed by atoms with Crippen molar-refractivity contribution in [1.82, 2.24) is 15.0 Å². The van der Waals surface area contributed by atoms with E-state index in [1.165, 1.54) is 0 Å². The van der Waals surface area contributed by atoms with Gasteiger partial charge in [0.25, 0.3) is 0 Å². The fourth-order valence-electron chi connectivity index (χ4n) is 2.17. The lowest BCUT2D eigenvalue weighted by Gasteiger charge is -2.26. The van der Waals surface area contributed by atoms with E-state index in [2.05, 4.69) is 19.9 Å². The molecule has 0 radical (unpaired) electrons. The molecule has 110 valence electrons. The quantitative estimate of drug-likeness (QED) is 0.866. The molecule has 1 aromatic heterocycles. The van der Waals surface area contributed by atoms with Crippen LogP contribution in [0.15, 0.2) is 0 Å². The van der Waals surface area contributed by atoms with Crippen molar-refractivity contribution in [3.8, 4) is 0 Å². The zero-order chi connectivity index (χ0) is 14.7. The van der Waals surface area contributed by atoms with E-state index in [-0.39, 0.29) is 17.9 Å². The summed E-state index contributed by atoms with van der Waals surface area (Å²) in [4.78, 5) is 27.7. The summed E-state index contributed by atoms with van der Waals surface area (Å²) in [6.45, 7) is 5.76. The summed E-state index contributed by atoms with van der Waals surface area (Å²) in [5, 5.41) is 0.132. The van der Waals surface area contributed by atoms with Crippen LogP contribution in [0.3, 0.4) is 0 Å². The first-order valence-corrected chi connectivity index (χ1v) is 7.06. The minimum atomic E-state index is -0.432. The number of halogens is 1. The molecular formula is C12H19ClN6O. The van der Waals surface area contributed by atoms with Crippen LogP contribution in [0.1, 0.15) is 26.7 Å². The molecular weight excluding hydrogens is 280 g/mol. The van der Waals surface area contributed by atoms with Gasteiger partial charge in [-0.1, -0.05) is 0 Å². The lowest BCUT2D eigenvalue weighted by molar-refractivity contribution is -0.116. The Bertz CT molecular complexity index is 489. The molecule has 1 saturated heterocycles. The molecule has 1 amide bonds. The Morgan fingerprint density at radius 3 is 2.55 bits per heavy atom. The van der Waals surface area contributed by atoms with Crippen LogP contribution in [0.4, 0.5) is 11.9 Å². The fraction of sp³-hybridized carbons (Fsp3) is 0.667. The molecule has 0 aromatic carbocycles. The number of amides is 1. The van der Waals surface area contributed by atoms with Crippen molar-refractivity contribution in [2.24, 2.45) is 5.73 Å². The van der Waals surface area contributed by atoms with Crippen molar-refractivity contribution >= 4 is 29.4 Å². The molecule has 0 spiro atoms. The van der Waals surface area contributed by atoms with Crippen molar-refractivity contribution in [2.45, 2.75) is 32.7 Å². The molecule has 1 fully saturated rings. The number of primary amides is 1. The number of carbonyl (C=O) groups excluding carboxylic acids is 1. The number of aromatic nitrogens is 3. The second-order valence-electron chi connectivity index (χ2n) is 5.09. The van der Waals surface area contributed by atoms with Crippen LogP contribution in [0.5, 0.6) is 0 Å². The maximum absolute atomic E-state index is 11.2. The number of nitrogens with two attached hydrogens (primary N) is 1. The van der Waals surface area contributed by atoms with E-state index in [1.54, 1.807) is 4.90 Å². The Labute approximate surface area is 123 Å². The van der Waals surface area contributed by atoms with Crippen molar-refractivity contribution in [3.05, 3.63) is 5.28 Å². The van der Waals surface area contributed by atoms with Crippen LogP contribution in [0.2, 0.25) is 5.28 Å². The monoisotopic (exact) mass is 298 g/mol. The molecule has 7 nitrogen and oxygen atoms in total. The Hall–Kier alpha value is -1.63. The first-order chi connectivity index (χ1) is 9.47. The Morgan fingerprint density at radius 2 is 2.00 bits per heavy atom. The van der Waals surface area contributed by atoms with Gasteiger partial charge in [-0.3, -0.25) is 4.79 Å². The lowest BCUT2D eigenvalue weighted by atomic mass is 10.3. The largest absolute Gasteiger partial charge is 0.368 e. The Kier molecular flexibility index (Phi) is 4.59. The molecule has 2 heterocycles. The minimum Gasteiger partial charge on any atom is -0.368 e. The van der Waals surface area contributed by atoms with E-state index in [0.717, 1.165) is 25.9 Å². The maximum atomic E-state index is 11.2. The number of carbonyl (C=O) groups is 1. The highest BCUT2D eigenvalue weighted by molar-refractivity contribution is 6.28. The standard InChI is InChI=1S/C12H19ClN6O/c1-8(2)19(7-9(14)20)12-16-10(13)15-11(17-12)18-5-3-4-6-18/h8H,3-7H2,1-2H3,(H2,14,20). The van der Waals surface area contributed by atoms with Gasteiger partial charge in [0, 0.05) is 19.1 Å². The van der Waals surface area contributed by atoms with Crippen LogP contribution >= 0.6 is 11.6 Å². The average Bonchev–Trinajstić information content (AvgIpc) is 2.88. The minimum absolute atomic E-state index is 0.0346. The number of rotatable bonds is 5. The topological polar surface area (TPSA) is 88.2 Å². The first kappa shape index (κ1) is 14.8. The molecule has 2 N–H and O–H groups in total. The van der Waals surface area contributed by atoms with Crippen molar-refractivity contribution in [2.75, 3.05) is 29.4 Å². The summed E-state index contributed by atoms with van der Waals surface area (Å²) >= 11 is 5.98. The second-order valence-corrected chi connectivity index (χ2v) is 5.42. The molecule has 0 aliphatic carbocycles. The fourth-order valence-corrected chi connectivity index (χ4v) is 2.32. The number of hydrogen-bond donors (Lipinski definition) is 1. The van der Waals surface area contributed by atoms with Gasteiger partial charge in [0.05, 0.1) is 6.54 Å². The van der Waals surface area contributed by atoms with E-state index in [0.29, 0.717) is 11.9 Å². The molecule has 20 heavy (non-hydrogen) atoms. The summed E-state index contributed by atoms with van der Waals surface area (Å²) in [5.41, 5.74) is 5.27. The third-order valence-electron chi connectivity index (χ3n) is 3.18. The van der Waals surface area contributed by atoms with Crippen molar-refractivity contribution in [3.63, 3.8) is 0 Å². The van der Waals surface area contributed by atoms with Crippen LogP contribution in [0.25, 0.3) is 0 Å². The highest BCUT2D eigenvalue weighted by atomic mass is 35.5. The molecule has 1 aliphatic rings. The number of anilines is 2. The van der Waals surface area contributed by atoms with Gasteiger partial charge in [0.15, 0.2) is 0 Å². The van der Waals surface area contributed by atoms with Crippen LogP contribution in [-0.2, 0) is 4.79 Å². The molecule has 2 rings (SSSR count). The predicted molar refractivity (Wildman–Crippen MR) is 78.0 cm³/mol. The van der Waals surface area contributed by atoms with Gasteiger partial charge in [-0.15, -0.1) is 0 Å². The van der Waals surface area contributed by atoms with E-state index in [1.807, 2.05) is 13.8 Å². The third kappa shape index (κ3) is 3.47. The number of nitrogens with zero attached hydrogens (tertiary/aromatic N) is 5. The molecule has 0 unspecified atom stereocenters. The smallest absolute Gasteiger partial charge is 0.237 e. The number of hydrogen-bond acceptors (Lipinski definition) is 6. The van der Waals surface area contributed by atoms with Gasteiger partial charge < -0.3 is 15.5 Å². The van der Waals surface area contributed by atoms with Gasteiger partial charge in [-0.2, -0.15) is 15.0 Å². The van der Waals surface area contributed by atoms with E-state index in [9.17, 15) is 4.79 Å². The Balaban J connectivity index is 2.31. The van der Waals surface area contributed by atoms with Crippen LogP contribution < -0.4 is 15.5 Å². The first-order valence-electron chi connectivity index (χ1n) is 6.69. The van der Waals surface area contributed by atoms with E-state index in [4.69, 9.17) is 17.3 Å². The molecule has 1 aromatic rings. The molecule has 0 atom stereocenters. The van der Waals surface area contributed by atoms with Crippen LogP contribution in [-0.4, -0.2) is 46.5 Å². The normalized spacial score (nSPS) is 14.9. The van der Waals surface area contributed by atoms with Gasteiger partial charge in [0.2, 0.25) is 23.1 Å². The molecule has 0 saturated carbocycles. The molecule has 8 heteroatoms. The highest BCUT2D eigenvalue weighted by Crippen LogP contribution is 2.21. The zero-order valence-corrected chi connectivity index (χ0v) is 12.5. The van der Waals surface area contributed by atoms with E-state index < -0.39 is 5.91 Å². The van der Waals surface area contributed by atoms with Gasteiger partial charge in [-0.05, 0) is 38.3 Å². The van der Waals surface area contributed by atoms with Crippen molar-refractivity contribution in [1.29, 1.82) is 0 Å². The second kappa shape index (κ2) is 6.21. The van der Waals surface area contributed by atoms with Crippen molar-refractivity contribution < 1.29 is 4.79 Å². The van der Waals surface area contributed by atoms with Gasteiger partial charge in [0.1, 0.15) is 0 Å². The summed E-state index contributed by atoms with van der Waals surface area (Å²) in [6, 6.07) is 0.0346. The third-order valence-corrected chi connectivity index (χ3v) is 3.35. The zero-order valence-electron chi connectivity index (χ0n) is 11.7. The molecule has 0 bridgehead atoms. The predicted octanol–water partition coefficient (Wildman–Crippen LogP) is 0.825. The summed E-state index contributed by atoms with van der Waals surface area (Å²) < 4.78 is 0. The highest BCUT2D eigenvalue weighted by Gasteiger charge is 2.21. The summed E-state index contributed by atoms with van der Waals surface area (Å²) in [6.07, 6.45) is 2.24. The summed E-state index contributed by atoms with van der Waals surface area (Å²) in [5.74, 6) is 0.520. The van der Waals surface area contributed by atoms with E-state index >= 15 is 0 Å². The Morgan fingerprint density at radius 1 is 1.35 bits per heavy atom. The average molecular weight is 299 g/mol. The van der Waals surface area contributed by atoms with Crippen LogP contribution in [0, 0.1) is 0 Å². The maximum Gasteiger partial charge on any atom is 0.237 e. The molecule has 1 aliphatic heterocycles. The summed E-state index contributed by atoms with van der Waals surface area (Å²) in [7, 11) is 0. The SMILES string of the molecule is CC(C)N(CC(N)=O)c1nc(Cl)nc(N2CCCC2)n1. The van der Waals surface area contributed by atoms with Gasteiger partial charge >= 0.3 is 0 Å².